The molecule has 3 rings (SSSR count). The molecule has 0 radical (unpaired) electrons. The lowest BCUT2D eigenvalue weighted by molar-refractivity contribution is 0.467. The quantitative estimate of drug-likeness (QED) is 0.756. The van der Waals surface area contributed by atoms with E-state index in [-0.39, 0.29) is 17.1 Å². The van der Waals surface area contributed by atoms with Crippen LogP contribution in [0.1, 0.15) is 5.56 Å². The summed E-state index contributed by atoms with van der Waals surface area (Å²) in [6, 6.07) is 11.5. The van der Waals surface area contributed by atoms with Crippen molar-refractivity contribution in [2.75, 3.05) is 7.05 Å². The molecule has 0 bridgehead atoms. The highest BCUT2D eigenvalue weighted by molar-refractivity contribution is 7.89. The maximum atomic E-state index is 12.7. The zero-order chi connectivity index (χ0) is 16.6. The number of rotatable bonds is 4. The Morgan fingerprint density at radius 2 is 1.78 bits per heavy atom. The van der Waals surface area contributed by atoms with Crippen LogP contribution in [0.25, 0.3) is 11.0 Å². The third-order valence-electron chi connectivity index (χ3n) is 3.55. The van der Waals surface area contributed by atoms with E-state index in [0.29, 0.717) is 16.1 Å². The van der Waals surface area contributed by atoms with Crippen molar-refractivity contribution in [2.45, 2.75) is 11.4 Å². The summed E-state index contributed by atoms with van der Waals surface area (Å²) in [6.07, 6.45) is 0. The van der Waals surface area contributed by atoms with Crippen LogP contribution < -0.4 is 5.69 Å². The number of nitrogens with zero attached hydrogens (tertiary/aromatic N) is 1. The number of halogens is 1. The number of benzene rings is 2. The summed E-state index contributed by atoms with van der Waals surface area (Å²) in [6.45, 7) is 0.156. The van der Waals surface area contributed by atoms with Crippen LogP contribution in [-0.2, 0) is 16.6 Å². The molecule has 3 aromatic rings. The Kier molecular flexibility index (Phi) is 4.01. The van der Waals surface area contributed by atoms with Crippen LogP contribution >= 0.6 is 11.6 Å². The maximum absolute atomic E-state index is 12.7. The Morgan fingerprint density at radius 1 is 1.09 bits per heavy atom. The number of H-pyrrole nitrogens is 2. The molecule has 23 heavy (non-hydrogen) atoms. The van der Waals surface area contributed by atoms with Gasteiger partial charge in [0.15, 0.2) is 0 Å². The fourth-order valence-electron chi connectivity index (χ4n) is 2.30. The zero-order valence-electron chi connectivity index (χ0n) is 12.2. The lowest BCUT2D eigenvalue weighted by atomic mass is 10.2. The summed E-state index contributed by atoms with van der Waals surface area (Å²) >= 11 is 6.08. The Bertz CT molecular complexity index is 1020. The first kappa shape index (κ1) is 15.8. The second-order valence-electron chi connectivity index (χ2n) is 5.14. The van der Waals surface area contributed by atoms with Gasteiger partial charge in [-0.15, -0.1) is 0 Å². The minimum absolute atomic E-state index is 0.106. The lowest BCUT2D eigenvalue weighted by Gasteiger charge is -2.18. The molecule has 2 N–H and O–H groups in total. The number of hydrogen-bond donors (Lipinski definition) is 2. The van der Waals surface area contributed by atoms with Gasteiger partial charge < -0.3 is 9.97 Å². The van der Waals surface area contributed by atoms with Crippen molar-refractivity contribution < 1.29 is 8.42 Å². The van der Waals surface area contributed by atoms with Crippen molar-refractivity contribution in [3.05, 3.63) is 63.5 Å². The Hall–Kier alpha value is -2.09. The molecule has 6 nitrogen and oxygen atoms in total. The largest absolute Gasteiger partial charge is 0.323 e. The van der Waals surface area contributed by atoms with E-state index < -0.39 is 10.0 Å². The molecule has 0 saturated carbocycles. The van der Waals surface area contributed by atoms with E-state index in [1.54, 1.807) is 30.3 Å². The van der Waals surface area contributed by atoms with Gasteiger partial charge in [-0.1, -0.05) is 29.8 Å². The molecular weight excluding hydrogens is 338 g/mol. The van der Waals surface area contributed by atoms with Gasteiger partial charge in [-0.2, -0.15) is 4.31 Å². The number of imidazole rings is 1. The van der Waals surface area contributed by atoms with Crippen molar-refractivity contribution >= 4 is 32.7 Å². The topological polar surface area (TPSA) is 86.0 Å². The van der Waals surface area contributed by atoms with Gasteiger partial charge in [0, 0.05) is 18.6 Å². The highest BCUT2D eigenvalue weighted by Gasteiger charge is 2.22. The molecule has 0 unspecified atom stereocenters. The Labute approximate surface area is 137 Å². The molecule has 0 aliphatic heterocycles. The second-order valence-corrected chi connectivity index (χ2v) is 7.59. The molecular formula is C15H14ClN3O3S. The van der Waals surface area contributed by atoms with Crippen molar-refractivity contribution in [1.82, 2.24) is 14.3 Å². The average Bonchev–Trinajstić information content (AvgIpc) is 2.88. The smallest absolute Gasteiger partial charge is 0.306 e. The van der Waals surface area contributed by atoms with Gasteiger partial charge in [-0.3, -0.25) is 0 Å². The number of sulfonamides is 1. The summed E-state index contributed by atoms with van der Waals surface area (Å²) in [4.78, 5) is 16.5. The number of hydrogen-bond acceptors (Lipinski definition) is 3. The van der Waals surface area contributed by atoms with Gasteiger partial charge in [-0.05, 0) is 29.8 Å². The minimum Gasteiger partial charge on any atom is -0.306 e. The van der Waals surface area contributed by atoms with Crippen LogP contribution in [0.2, 0.25) is 5.02 Å². The highest BCUT2D eigenvalue weighted by atomic mass is 35.5. The summed E-state index contributed by atoms with van der Waals surface area (Å²) in [5.74, 6) is 0. The fourth-order valence-corrected chi connectivity index (χ4v) is 3.67. The Morgan fingerprint density at radius 3 is 2.52 bits per heavy atom. The third-order valence-corrected chi connectivity index (χ3v) is 5.71. The van der Waals surface area contributed by atoms with Crippen LogP contribution in [-0.4, -0.2) is 29.7 Å². The highest BCUT2D eigenvalue weighted by Crippen LogP contribution is 2.22. The predicted molar refractivity (Wildman–Crippen MR) is 89.0 cm³/mol. The van der Waals surface area contributed by atoms with Crippen LogP contribution in [0, 0.1) is 0 Å². The predicted octanol–water partition coefficient (Wildman–Crippen LogP) is 2.33. The summed E-state index contributed by atoms with van der Waals surface area (Å²) in [7, 11) is -2.21. The molecule has 0 aliphatic rings. The van der Waals surface area contributed by atoms with E-state index in [0.717, 1.165) is 5.56 Å². The minimum atomic E-state index is -3.70. The first-order valence-electron chi connectivity index (χ1n) is 6.80. The molecule has 0 saturated heterocycles. The van der Waals surface area contributed by atoms with Crippen LogP contribution in [0.5, 0.6) is 0 Å². The van der Waals surface area contributed by atoms with E-state index in [9.17, 15) is 13.2 Å². The standard InChI is InChI=1S/C15H14ClN3O3S/c1-19(9-10-4-2-3-5-12(10)16)23(21,22)11-6-7-13-14(8-11)18-15(20)17-13/h2-8H,9H2,1H3,(H2,17,18,20). The molecule has 8 heteroatoms. The average molecular weight is 352 g/mol. The number of aromatic amines is 2. The third kappa shape index (κ3) is 3.03. The van der Waals surface area contributed by atoms with Crippen molar-refractivity contribution in [3.8, 4) is 0 Å². The molecule has 0 amide bonds. The van der Waals surface area contributed by atoms with Crippen molar-refractivity contribution in [1.29, 1.82) is 0 Å². The summed E-state index contributed by atoms with van der Waals surface area (Å²) in [5.41, 5.74) is 1.35. The zero-order valence-corrected chi connectivity index (χ0v) is 13.8. The molecule has 0 aliphatic carbocycles. The second kappa shape index (κ2) is 5.84. The molecule has 2 aromatic carbocycles. The SMILES string of the molecule is CN(Cc1ccccc1Cl)S(=O)(=O)c1ccc2[nH]c(=O)[nH]c2c1. The molecule has 1 heterocycles. The molecule has 1 aromatic heterocycles. The fraction of sp³-hybridized carbons (Fsp3) is 0.133. The number of fused-ring (bicyclic) bond motifs is 1. The lowest BCUT2D eigenvalue weighted by Crippen LogP contribution is -2.26. The molecule has 120 valence electrons. The van der Waals surface area contributed by atoms with Crippen LogP contribution in [0.4, 0.5) is 0 Å². The first-order valence-corrected chi connectivity index (χ1v) is 8.61. The van der Waals surface area contributed by atoms with Crippen LogP contribution in [0.3, 0.4) is 0 Å². The summed E-state index contributed by atoms with van der Waals surface area (Å²) in [5, 5.41) is 0.514. The monoisotopic (exact) mass is 351 g/mol. The van der Waals surface area contributed by atoms with Crippen molar-refractivity contribution in [2.24, 2.45) is 0 Å². The molecule has 0 spiro atoms. The Balaban J connectivity index is 1.95. The van der Waals surface area contributed by atoms with Gasteiger partial charge in [0.25, 0.3) is 0 Å². The van der Waals surface area contributed by atoms with Gasteiger partial charge >= 0.3 is 5.69 Å². The van der Waals surface area contributed by atoms with Gasteiger partial charge in [0.05, 0.1) is 15.9 Å². The molecule has 0 atom stereocenters. The van der Waals surface area contributed by atoms with Gasteiger partial charge in [0.1, 0.15) is 0 Å². The first-order chi connectivity index (χ1) is 10.9. The normalized spacial score (nSPS) is 12.1. The van der Waals surface area contributed by atoms with Gasteiger partial charge in [0.2, 0.25) is 10.0 Å². The van der Waals surface area contributed by atoms with E-state index in [1.165, 1.54) is 23.5 Å². The number of aromatic nitrogens is 2. The summed E-state index contributed by atoms with van der Waals surface area (Å²) < 4.78 is 26.6. The van der Waals surface area contributed by atoms with Gasteiger partial charge in [-0.25, -0.2) is 13.2 Å². The van der Waals surface area contributed by atoms with E-state index in [2.05, 4.69) is 9.97 Å². The van der Waals surface area contributed by atoms with E-state index in [1.807, 2.05) is 0 Å². The molecule has 0 fully saturated rings. The maximum Gasteiger partial charge on any atom is 0.323 e. The van der Waals surface area contributed by atoms with Crippen molar-refractivity contribution in [3.63, 3.8) is 0 Å². The number of nitrogens with one attached hydrogen (secondary N) is 2. The van der Waals surface area contributed by atoms with E-state index in [4.69, 9.17) is 11.6 Å². The van der Waals surface area contributed by atoms with Crippen LogP contribution in [0.15, 0.2) is 52.2 Å². The van der Waals surface area contributed by atoms with E-state index >= 15 is 0 Å².